The molecule has 1 unspecified atom stereocenters. The number of nitrogens with one attached hydrogen (secondary N) is 1. The summed E-state index contributed by atoms with van der Waals surface area (Å²) in [6.45, 7) is 2.22. The molecule has 2 rings (SSSR count). The Balaban J connectivity index is 2.01. The van der Waals surface area contributed by atoms with Gasteiger partial charge in [-0.15, -0.1) is 0 Å². The summed E-state index contributed by atoms with van der Waals surface area (Å²) in [5.74, 6) is 5.13. The van der Waals surface area contributed by atoms with Crippen molar-refractivity contribution in [2.24, 2.45) is 17.7 Å². The molecule has 3 N–H and O–H groups in total. The van der Waals surface area contributed by atoms with E-state index in [9.17, 15) is 8.78 Å². The molecule has 0 aromatic heterocycles. The highest BCUT2D eigenvalue weighted by Crippen LogP contribution is 2.39. The van der Waals surface area contributed by atoms with Crippen LogP contribution < -0.4 is 11.3 Å². The highest BCUT2D eigenvalue weighted by Gasteiger charge is 2.29. The molecule has 4 heteroatoms. The Morgan fingerprint density at radius 1 is 1.24 bits per heavy atom. The topological polar surface area (TPSA) is 38.0 Å². The summed E-state index contributed by atoms with van der Waals surface area (Å²) in [6, 6.07) is 4.03. The van der Waals surface area contributed by atoms with Crippen molar-refractivity contribution in [3.63, 3.8) is 0 Å². The van der Waals surface area contributed by atoms with Gasteiger partial charge in [0.25, 0.3) is 0 Å². The fourth-order valence-electron chi connectivity index (χ4n) is 3.54. The van der Waals surface area contributed by atoms with E-state index in [0.29, 0.717) is 5.56 Å². The molecule has 0 aliphatic heterocycles. The number of halogens is 2. The predicted octanol–water partition coefficient (Wildman–Crippen LogP) is 4.47. The van der Waals surface area contributed by atoms with Gasteiger partial charge >= 0.3 is 0 Å². The summed E-state index contributed by atoms with van der Waals surface area (Å²) in [4.78, 5) is 0. The lowest BCUT2D eigenvalue weighted by atomic mass is 9.75. The van der Waals surface area contributed by atoms with Crippen molar-refractivity contribution in [3.8, 4) is 0 Å². The van der Waals surface area contributed by atoms with Crippen LogP contribution >= 0.6 is 0 Å². The van der Waals surface area contributed by atoms with Gasteiger partial charge in [-0.05, 0) is 30.7 Å². The second-order valence-corrected chi connectivity index (χ2v) is 6.21. The minimum Gasteiger partial charge on any atom is -0.271 e. The van der Waals surface area contributed by atoms with Gasteiger partial charge in [-0.1, -0.05) is 51.2 Å². The Kier molecular flexibility index (Phi) is 6.12. The molecule has 1 aromatic carbocycles. The van der Waals surface area contributed by atoms with Crippen molar-refractivity contribution in [2.75, 3.05) is 0 Å². The maximum Gasteiger partial charge on any atom is 0.163 e. The van der Waals surface area contributed by atoms with Crippen LogP contribution in [0, 0.1) is 23.5 Å². The van der Waals surface area contributed by atoms with Gasteiger partial charge in [0, 0.05) is 5.56 Å². The van der Waals surface area contributed by atoms with Gasteiger partial charge in [-0.2, -0.15) is 0 Å². The van der Waals surface area contributed by atoms with Crippen LogP contribution in [0.25, 0.3) is 0 Å². The number of hydrazine groups is 1. The molecule has 1 fully saturated rings. The van der Waals surface area contributed by atoms with Gasteiger partial charge in [0.05, 0.1) is 6.04 Å². The average molecular weight is 296 g/mol. The molecular weight excluding hydrogens is 270 g/mol. The monoisotopic (exact) mass is 296 g/mol. The van der Waals surface area contributed by atoms with Crippen molar-refractivity contribution in [3.05, 3.63) is 35.4 Å². The van der Waals surface area contributed by atoms with Crippen LogP contribution in [-0.2, 0) is 0 Å². The van der Waals surface area contributed by atoms with Crippen molar-refractivity contribution in [2.45, 2.75) is 57.9 Å². The van der Waals surface area contributed by atoms with E-state index in [2.05, 4.69) is 12.3 Å². The van der Waals surface area contributed by atoms with E-state index >= 15 is 0 Å². The maximum absolute atomic E-state index is 14.0. The molecule has 2 nitrogen and oxygen atoms in total. The standard InChI is InChI=1S/C17H26F2N2/c1-2-3-5-12-8-10-13(11-9-12)17(21-20)14-6-4-7-15(18)16(14)19/h4,6-7,12-13,17,21H,2-3,5,8-11,20H2,1H3. The Hall–Kier alpha value is -1.00. The fraction of sp³-hybridized carbons (Fsp3) is 0.647. The van der Waals surface area contributed by atoms with E-state index in [0.717, 1.165) is 24.8 Å². The maximum atomic E-state index is 14.0. The van der Waals surface area contributed by atoms with Gasteiger partial charge in [-0.25, -0.2) is 8.78 Å². The Morgan fingerprint density at radius 3 is 2.57 bits per heavy atom. The van der Waals surface area contributed by atoms with Gasteiger partial charge in [0.1, 0.15) is 0 Å². The van der Waals surface area contributed by atoms with Crippen LogP contribution in [0.15, 0.2) is 18.2 Å². The van der Waals surface area contributed by atoms with Crippen molar-refractivity contribution in [1.29, 1.82) is 0 Å². The van der Waals surface area contributed by atoms with E-state index in [4.69, 9.17) is 5.84 Å². The average Bonchev–Trinajstić information content (AvgIpc) is 2.51. The van der Waals surface area contributed by atoms with Crippen molar-refractivity contribution in [1.82, 2.24) is 5.43 Å². The molecule has 21 heavy (non-hydrogen) atoms. The first-order valence-electron chi connectivity index (χ1n) is 8.07. The third-order valence-corrected chi connectivity index (χ3v) is 4.82. The fourth-order valence-corrected chi connectivity index (χ4v) is 3.54. The van der Waals surface area contributed by atoms with E-state index in [1.807, 2.05) is 0 Å². The second-order valence-electron chi connectivity index (χ2n) is 6.21. The number of unbranched alkanes of at least 4 members (excludes halogenated alkanes) is 1. The summed E-state index contributed by atoms with van der Waals surface area (Å²) in [7, 11) is 0. The first-order chi connectivity index (χ1) is 10.2. The second kappa shape index (κ2) is 7.85. The molecule has 0 spiro atoms. The normalized spacial score (nSPS) is 24.0. The molecule has 1 aromatic rings. The number of rotatable bonds is 6. The first kappa shape index (κ1) is 16.4. The summed E-state index contributed by atoms with van der Waals surface area (Å²) < 4.78 is 27.4. The Labute approximate surface area is 126 Å². The molecule has 1 aliphatic carbocycles. The number of benzene rings is 1. The lowest BCUT2D eigenvalue weighted by Gasteiger charge is -2.34. The Bertz CT molecular complexity index is 442. The van der Waals surface area contributed by atoms with Gasteiger partial charge in [0.15, 0.2) is 11.6 Å². The first-order valence-corrected chi connectivity index (χ1v) is 8.07. The molecule has 0 bridgehead atoms. The largest absolute Gasteiger partial charge is 0.271 e. The highest BCUT2D eigenvalue weighted by molar-refractivity contribution is 5.23. The Morgan fingerprint density at radius 2 is 1.95 bits per heavy atom. The quantitative estimate of drug-likeness (QED) is 0.600. The minimum atomic E-state index is -0.801. The molecule has 1 saturated carbocycles. The van der Waals surface area contributed by atoms with Crippen molar-refractivity contribution < 1.29 is 8.78 Å². The van der Waals surface area contributed by atoms with Crippen molar-refractivity contribution >= 4 is 0 Å². The van der Waals surface area contributed by atoms with Crippen LogP contribution in [0.2, 0.25) is 0 Å². The molecule has 0 heterocycles. The summed E-state index contributed by atoms with van der Waals surface area (Å²) in [6.07, 6.45) is 8.20. The SMILES string of the molecule is CCCCC1CCC(C(NN)c2cccc(F)c2F)CC1. The smallest absolute Gasteiger partial charge is 0.163 e. The molecule has 0 radical (unpaired) electrons. The van der Waals surface area contributed by atoms with Gasteiger partial charge in [0.2, 0.25) is 0 Å². The van der Waals surface area contributed by atoms with Crippen LogP contribution in [0.3, 0.4) is 0 Å². The third kappa shape index (κ3) is 4.01. The summed E-state index contributed by atoms with van der Waals surface area (Å²) in [5, 5.41) is 0. The van der Waals surface area contributed by atoms with Gasteiger partial charge < -0.3 is 0 Å². The lowest BCUT2D eigenvalue weighted by molar-refractivity contribution is 0.210. The molecular formula is C17H26F2N2. The zero-order chi connectivity index (χ0) is 15.2. The number of nitrogens with two attached hydrogens (primary N) is 1. The van der Waals surface area contributed by atoms with E-state index in [-0.39, 0.29) is 12.0 Å². The zero-order valence-corrected chi connectivity index (χ0v) is 12.7. The molecule has 1 aliphatic rings. The molecule has 0 amide bonds. The van der Waals surface area contributed by atoms with Gasteiger partial charge in [-0.3, -0.25) is 11.3 Å². The molecule has 0 saturated heterocycles. The minimum absolute atomic E-state index is 0.282. The van der Waals surface area contributed by atoms with E-state index in [1.54, 1.807) is 12.1 Å². The van der Waals surface area contributed by atoms with Crippen LogP contribution in [0.4, 0.5) is 8.78 Å². The van der Waals surface area contributed by atoms with E-state index < -0.39 is 11.6 Å². The van der Waals surface area contributed by atoms with Crippen LogP contribution in [0.5, 0.6) is 0 Å². The van der Waals surface area contributed by atoms with Crippen LogP contribution in [0.1, 0.15) is 63.5 Å². The third-order valence-electron chi connectivity index (χ3n) is 4.82. The number of hydrogen-bond acceptors (Lipinski definition) is 2. The summed E-state index contributed by atoms with van der Waals surface area (Å²) >= 11 is 0. The molecule has 1 atom stereocenters. The zero-order valence-electron chi connectivity index (χ0n) is 12.7. The number of hydrogen-bond donors (Lipinski definition) is 2. The summed E-state index contributed by atoms with van der Waals surface area (Å²) in [5.41, 5.74) is 3.06. The van der Waals surface area contributed by atoms with Crippen LogP contribution in [-0.4, -0.2) is 0 Å². The lowest BCUT2D eigenvalue weighted by Crippen LogP contribution is -2.36. The predicted molar refractivity (Wildman–Crippen MR) is 81.4 cm³/mol. The molecule has 118 valence electrons. The highest BCUT2D eigenvalue weighted by atomic mass is 19.2. The van der Waals surface area contributed by atoms with E-state index in [1.165, 1.54) is 32.1 Å².